The molecule has 1 saturated carbocycles. The molecular weight excluding hydrogens is 358 g/mol. The SMILES string of the molecule is Cc1ccc(NC(=O)C2(C(=O)N3CCN(C)CC3)CC2)cc1Br. The monoisotopic (exact) mass is 379 g/mol. The zero-order valence-corrected chi connectivity index (χ0v) is 15.1. The number of likely N-dealkylation sites (N-methyl/N-ethyl adjacent to an activating group) is 1. The van der Waals surface area contributed by atoms with E-state index in [4.69, 9.17) is 0 Å². The first-order valence-corrected chi connectivity index (χ1v) is 8.77. The Morgan fingerprint density at radius 1 is 1.17 bits per heavy atom. The minimum Gasteiger partial charge on any atom is -0.339 e. The van der Waals surface area contributed by atoms with Crippen LogP contribution in [0, 0.1) is 12.3 Å². The number of carbonyl (C=O) groups is 2. The molecule has 1 aliphatic carbocycles. The molecule has 1 N–H and O–H groups in total. The third-order valence-corrected chi connectivity index (χ3v) is 5.67. The summed E-state index contributed by atoms with van der Waals surface area (Å²) in [4.78, 5) is 29.5. The predicted molar refractivity (Wildman–Crippen MR) is 93.3 cm³/mol. The molecule has 23 heavy (non-hydrogen) atoms. The van der Waals surface area contributed by atoms with Crippen LogP contribution in [0.5, 0.6) is 0 Å². The number of nitrogens with zero attached hydrogens (tertiary/aromatic N) is 2. The highest BCUT2D eigenvalue weighted by Crippen LogP contribution is 2.48. The van der Waals surface area contributed by atoms with Crippen LogP contribution >= 0.6 is 15.9 Å². The number of benzene rings is 1. The van der Waals surface area contributed by atoms with Crippen molar-refractivity contribution in [2.45, 2.75) is 19.8 Å². The van der Waals surface area contributed by atoms with Gasteiger partial charge in [0.2, 0.25) is 11.8 Å². The molecule has 1 aliphatic heterocycles. The molecule has 0 spiro atoms. The van der Waals surface area contributed by atoms with Crippen LogP contribution in [0.2, 0.25) is 0 Å². The lowest BCUT2D eigenvalue weighted by Crippen LogP contribution is -2.51. The summed E-state index contributed by atoms with van der Waals surface area (Å²) in [7, 11) is 2.05. The van der Waals surface area contributed by atoms with Crippen molar-refractivity contribution in [1.82, 2.24) is 9.80 Å². The minimum atomic E-state index is -0.840. The molecule has 124 valence electrons. The van der Waals surface area contributed by atoms with Gasteiger partial charge in [-0.05, 0) is 44.5 Å². The number of rotatable bonds is 3. The maximum atomic E-state index is 12.8. The lowest BCUT2D eigenvalue weighted by Gasteiger charge is -2.34. The van der Waals surface area contributed by atoms with E-state index >= 15 is 0 Å². The van der Waals surface area contributed by atoms with Gasteiger partial charge in [-0.25, -0.2) is 0 Å². The van der Waals surface area contributed by atoms with E-state index in [0.717, 1.165) is 28.8 Å². The fourth-order valence-corrected chi connectivity index (χ4v) is 3.28. The predicted octanol–water partition coefficient (Wildman–Crippen LogP) is 2.25. The number of halogens is 1. The average Bonchev–Trinajstić information content (AvgIpc) is 3.33. The number of hydrogen-bond acceptors (Lipinski definition) is 3. The van der Waals surface area contributed by atoms with Crippen molar-refractivity contribution >= 4 is 33.4 Å². The second-order valence-corrected chi connectivity index (χ2v) is 7.45. The molecular formula is C17H22BrN3O2. The van der Waals surface area contributed by atoms with E-state index in [1.54, 1.807) is 0 Å². The van der Waals surface area contributed by atoms with Gasteiger partial charge in [-0.1, -0.05) is 22.0 Å². The Hall–Kier alpha value is -1.40. The third-order valence-electron chi connectivity index (χ3n) is 4.81. The third kappa shape index (κ3) is 3.28. The molecule has 5 nitrogen and oxygen atoms in total. The molecule has 6 heteroatoms. The maximum absolute atomic E-state index is 12.8. The van der Waals surface area contributed by atoms with Crippen molar-refractivity contribution in [3.63, 3.8) is 0 Å². The summed E-state index contributed by atoms with van der Waals surface area (Å²) in [6.07, 6.45) is 1.30. The average molecular weight is 380 g/mol. The van der Waals surface area contributed by atoms with Crippen molar-refractivity contribution in [2.24, 2.45) is 5.41 Å². The summed E-state index contributed by atoms with van der Waals surface area (Å²) in [6, 6.07) is 5.69. The van der Waals surface area contributed by atoms with Gasteiger partial charge in [-0.2, -0.15) is 0 Å². The van der Waals surface area contributed by atoms with Crippen LogP contribution in [0.25, 0.3) is 0 Å². The normalized spacial score (nSPS) is 20.2. The number of piperazine rings is 1. The first-order chi connectivity index (χ1) is 10.9. The Morgan fingerprint density at radius 3 is 2.39 bits per heavy atom. The highest BCUT2D eigenvalue weighted by molar-refractivity contribution is 9.10. The molecule has 1 heterocycles. The molecule has 0 aromatic heterocycles. The molecule has 2 amide bonds. The lowest BCUT2D eigenvalue weighted by atomic mass is 10.0. The van der Waals surface area contributed by atoms with Gasteiger partial charge >= 0.3 is 0 Å². The van der Waals surface area contributed by atoms with Crippen LogP contribution in [-0.4, -0.2) is 54.8 Å². The number of nitrogens with one attached hydrogen (secondary N) is 1. The highest BCUT2D eigenvalue weighted by atomic mass is 79.9. The molecule has 3 rings (SSSR count). The Labute approximate surface area is 145 Å². The first kappa shape index (κ1) is 16.5. The Kier molecular flexibility index (Phi) is 4.47. The summed E-state index contributed by atoms with van der Waals surface area (Å²) < 4.78 is 0.950. The quantitative estimate of drug-likeness (QED) is 0.819. The largest absolute Gasteiger partial charge is 0.339 e. The van der Waals surface area contributed by atoms with Gasteiger partial charge in [0.05, 0.1) is 0 Å². The van der Waals surface area contributed by atoms with Gasteiger partial charge in [0.15, 0.2) is 0 Å². The van der Waals surface area contributed by atoms with Gasteiger partial charge in [0.25, 0.3) is 0 Å². The number of aryl methyl sites for hydroxylation is 1. The van der Waals surface area contributed by atoms with Gasteiger partial charge in [-0.3, -0.25) is 9.59 Å². The van der Waals surface area contributed by atoms with E-state index in [2.05, 4.69) is 33.2 Å². The van der Waals surface area contributed by atoms with Crippen LogP contribution in [0.3, 0.4) is 0 Å². The Bertz CT molecular complexity index is 635. The lowest BCUT2D eigenvalue weighted by molar-refractivity contribution is -0.143. The van der Waals surface area contributed by atoms with Crippen LogP contribution in [0.4, 0.5) is 5.69 Å². The second kappa shape index (κ2) is 6.24. The molecule has 0 radical (unpaired) electrons. The smallest absolute Gasteiger partial charge is 0.240 e. The van der Waals surface area contributed by atoms with Crippen molar-refractivity contribution in [2.75, 3.05) is 38.5 Å². The molecule has 2 aliphatic rings. The highest BCUT2D eigenvalue weighted by Gasteiger charge is 2.58. The summed E-state index contributed by atoms with van der Waals surface area (Å²) in [5.41, 5.74) is 0.996. The van der Waals surface area contributed by atoms with Gasteiger partial charge in [-0.15, -0.1) is 0 Å². The van der Waals surface area contributed by atoms with Gasteiger partial charge in [0.1, 0.15) is 5.41 Å². The molecule has 1 aromatic rings. The van der Waals surface area contributed by atoms with E-state index in [-0.39, 0.29) is 11.8 Å². The van der Waals surface area contributed by atoms with E-state index in [1.165, 1.54) is 0 Å². The van der Waals surface area contributed by atoms with Crippen LogP contribution in [-0.2, 0) is 9.59 Å². The standard InChI is InChI=1S/C17H22BrN3O2/c1-12-3-4-13(11-14(12)18)19-15(22)17(5-6-17)16(23)21-9-7-20(2)8-10-21/h3-4,11H,5-10H2,1-2H3,(H,19,22). The minimum absolute atomic E-state index is 0.00530. The topological polar surface area (TPSA) is 52.7 Å². The zero-order chi connectivity index (χ0) is 16.6. The molecule has 0 atom stereocenters. The van der Waals surface area contributed by atoms with Crippen molar-refractivity contribution in [3.8, 4) is 0 Å². The number of amides is 2. The number of anilines is 1. The second-order valence-electron chi connectivity index (χ2n) is 6.60. The van der Waals surface area contributed by atoms with Crippen molar-refractivity contribution < 1.29 is 9.59 Å². The zero-order valence-electron chi connectivity index (χ0n) is 13.6. The van der Waals surface area contributed by atoms with E-state index in [0.29, 0.717) is 25.9 Å². The first-order valence-electron chi connectivity index (χ1n) is 7.98. The van der Waals surface area contributed by atoms with Crippen molar-refractivity contribution in [3.05, 3.63) is 28.2 Å². The summed E-state index contributed by atoms with van der Waals surface area (Å²) in [5, 5.41) is 2.91. The Morgan fingerprint density at radius 2 is 1.83 bits per heavy atom. The summed E-state index contributed by atoms with van der Waals surface area (Å²) in [5.74, 6) is -0.175. The van der Waals surface area contributed by atoms with Crippen LogP contribution < -0.4 is 5.32 Å². The number of carbonyl (C=O) groups excluding carboxylic acids is 2. The van der Waals surface area contributed by atoms with Crippen LogP contribution in [0.1, 0.15) is 18.4 Å². The summed E-state index contributed by atoms with van der Waals surface area (Å²) in [6.45, 7) is 5.15. The molecule has 0 bridgehead atoms. The van der Waals surface area contributed by atoms with E-state index in [1.807, 2.05) is 30.0 Å². The molecule has 0 unspecified atom stereocenters. The number of hydrogen-bond donors (Lipinski definition) is 1. The van der Waals surface area contributed by atoms with Crippen molar-refractivity contribution in [1.29, 1.82) is 0 Å². The van der Waals surface area contributed by atoms with Gasteiger partial charge in [0, 0.05) is 36.3 Å². The fraction of sp³-hybridized carbons (Fsp3) is 0.529. The summed E-state index contributed by atoms with van der Waals surface area (Å²) >= 11 is 3.47. The van der Waals surface area contributed by atoms with E-state index in [9.17, 15) is 9.59 Å². The van der Waals surface area contributed by atoms with Crippen LogP contribution in [0.15, 0.2) is 22.7 Å². The molecule has 2 fully saturated rings. The van der Waals surface area contributed by atoms with E-state index < -0.39 is 5.41 Å². The Balaban J connectivity index is 1.68. The molecule has 1 saturated heterocycles. The fourth-order valence-electron chi connectivity index (χ4n) is 2.90. The van der Waals surface area contributed by atoms with Gasteiger partial charge < -0.3 is 15.1 Å². The maximum Gasteiger partial charge on any atom is 0.240 e. The molecule has 1 aromatic carbocycles.